The highest BCUT2D eigenvalue weighted by Crippen LogP contribution is 2.64. The van der Waals surface area contributed by atoms with Crippen molar-refractivity contribution in [2.75, 3.05) is 0 Å². The molecular formula is C24H32O8. The van der Waals surface area contributed by atoms with E-state index >= 15 is 0 Å². The molecule has 176 valence electrons. The van der Waals surface area contributed by atoms with Gasteiger partial charge >= 0.3 is 17.9 Å². The Morgan fingerprint density at radius 3 is 2.44 bits per heavy atom. The van der Waals surface area contributed by atoms with Gasteiger partial charge in [0.05, 0.1) is 6.10 Å². The van der Waals surface area contributed by atoms with Gasteiger partial charge in [0, 0.05) is 31.1 Å². The number of fused-ring (bicyclic) bond motifs is 1. The van der Waals surface area contributed by atoms with Crippen LogP contribution in [0.25, 0.3) is 0 Å². The summed E-state index contributed by atoms with van der Waals surface area (Å²) in [5, 5.41) is 11.9. The maximum Gasteiger partial charge on any atom is 0.342 e. The van der Waals surface area contributed by atoms with Crippen molar-refractivity contribution >= 4 is 17.9 Å². The first-order valence-electron chi connectivity index (χ1n) is 11.2. The highest BCUT2D eigenvalue weighted by molar-refractivity contribution is 5.88. The van der Waals surface area contributed by atoms with Crippen molar-refractivity contribution in [3.63, 3.8) is 0 Å². The molecule has 4 rings (SSSR count). The van der Waals surface area contributed by atoms with Crippen LogP contribution in [0, 0.1) is 17.3 Å². The summed E-state index contributed by atoms with van der Waals surface area (Å²) < 4.78 is 22.9. The molecule has 0 saturated carbocycles. The van der Waals surface area contributed by atoms with E-state index < -0.39 is 64.9 Å². The summed E-state index contributed by atoms with van der Waals surface area (Å²) in [5.41, 5.74) is -2.35. The maximum absolute atomic E-state index is 12.6. The van der Waals surface area contributed by atoms with Gasteiger partial charge in [-0.25, -0.2) is 4.79 Å². The summed E-state index contributed by atoms with van der Waals surface area (Å²) in [5.74, 6) is -2.23. The molecule has 0 radical (unpaired) electrons. The molecule has 1 N–H and O–H groups in total. The molecule has 1 spiro atoms. The lowest BCUT2D eigenvalue weighted by Crippen LogP contribution is -2.59. The largest absolute Gasteiger partial charge is 0.462 e. The van der Waals surface area contributed by atoms with Gasteiger partial charge in [0.15, 0.2) is 17.3 Å². The molecule has 0 bridgehead atoms. The van der Waals surface area contributed by atoms with Crippen LogP contribution in [0.3, 0.4) is 0 Å². The highest BCUT2D eigenvalue weighted by Gasteiger charge is 2.85. The standard InChI is InChI=1S/C24H32O8/c1-12-7-8-17(30-15(4)26)22(5)10-9-16(29-14(3)25)13(2)19(22)20(27)24-18(11-12)31-21(28)23(24,6)32-24/h9-11,13,16-20,27H,7-8H2,1-6H3/b12-11-/t13-,16+,17-,18-,19+,20+,22+,23+,24?/m0/s1. The van der Waals surface area contributed by atoms with Gasteiger partial charge in [0.1, 0.15) is 12.2 Å². The molecule has 8 nitrogen and oxygen atoms in total. The topological polar surface area (TPSA) is 112 Å². The third-order valence-electron chi connectivity index (χ3n) is 7.89. The molecular weight excluding hydrogens is 416 g/mol. The van der Waals surface area contributed by atoms with Crippen LogP contribution >= 0.6 is 0 Å². The molecule has 32 heavy (non-hydrogen) atoms. The van der Waals surface area contributed by atoms with Crippen LogP contribution in [-0.2, 0) is 33.3 Å². The molecule has 0 aromatic heterocycles. The van der Waals surface area contributed by atoms with E-state index in [-0.39, 0.29) is 5.92 Å². The van der Waals surface area contributed by atoms with E-state index in [0.717, 1.165) is 5.57 Å². The molecule has 8 heteroatoms. The minimum Gasteiger partial charge on any atom is -0.462 e. The van der Waals surface area contributed by atoms with Crippen molar-refractivity contribution in [2.24, 2.45) is 17.3 Å². The summed E-state index contributed by atoms with van der Waals surface area (Å²) in [6.07, 6.45) is 3.69. The fourth-order valence-corrected chi connectivity index (χ4v) is 6.14. The first-order chi connectivity index (χ1) is 14.9. The number of esters is 3. The van der Waals surface area contributed by atoms with Crippen molar-refractivity contribution in [3.8, 4) is 0 Å². The SMILES string of the molecule is CC(=O)O[C@H]1CC/C(C)=C\[C@@H]2OC(=O)[C@@]3(C)OC23[C@H](O)[C@H]2[C@@H](C)[C@H](OC(C)=O)C=C[C@@]21C. The summed E-state index contributed by atoms with van der Waals surface area (Å²) in [6.45, 7) is 10.1. The van der Waals surface area contributed by atoms with E-state index in [9.17, 15) is 19.5 Å². The van der Waals surface area contributed by atoms with Gasteiger partial charge in [-0.05, 0) is 38.8 Å². The molecule has 0 aromatic rings. The lowest BCUT2D eigenvalue weighted by atomic mass is 9.57. The smallest absolute Gasteiger partial charge is 0.342 e. The van der Waals surface area contributed by atoms with Crippen LogP contribution < -0.4 is 0 Å². The Morgan fingerprint density at radius 2 is 1.84 bits per heavy atom. The molecule has 2 fully saturated rings. The number of carbonyl (C=O) groups excluding carboxylic acids is 3. The van der Waals surface area contributed by atoms with Crippen LogP contribution in [0.15, 0.2) is 23.8 Å². The van der Waals surface area contributed by atoms with Crippen molar-refractivity contribution in [2.45, 2.75) is 90.0 Å². The number of ether oxygens (including phenoxy) is 4. The van der Waals surface area contributed by atoms with Crippen LogP contribution in [-0.4, -0.2) is 58.6 Å². The molecule has 9 atom stereocenters. The third-order valence-corrected chi connectivity index (χ3v) is 7.89. The fourth-order valence-electron chi connectivity index (χ4n) is 6.14. The Balaban J connectivity index is 1.86. The number of allylic oxidation sites excluding steroid dienone is 1. The maximum atomic E-state index is 12.6. The zero-order valence-electron chi connectivity index (χ0n) is 19.4. The minimum atomic E-state index is -1.26. The number of aliphatic hydroxyl groups excluding tert-OH is 1. The number of hydrogen-bond donors (Lipinski definition) is 1. The van der Waals surface area contributed by atoms with E-state index in [1.807, 2.05) is 32.9 Å². The fraction of sp³-hybridized carbons (Fsp3) is 0.708. The molecule has 2 aliphatic heterocycles. The van der Waals surface area contributed by atoms with Gasteiger partial charge in [-0.2, -0.15) is 0 Å². The van der Waals surface area contributed by atoms with Gasteiger partial charge < -0.3 is 24.1 Å². The van der Waals surface area contributed by atoms with Gasteiger partial charge in [-0.3, -0.25) is 9.59 Å². The minimum absolute atomic E-state index is 0.342. The summed E-state index contributed by atoms with van der Waals surface area (Å²) in [4.78, 5) is 36.4. The molecule has 2 saturated heterocycles. The average molecular weight is 449 g/mol. The predicted octanol–water partition coefficient (Wildman–Crippen LogP) is 2.23. The number of rotatable bonds is 2. The Labute approximate surface area is 187 Å². The van der Waals surface area contributed by atoms with E-state index in [2.05, 4.69) is 0 Å². The number of carbonyl (C=O) groups is 3. The van der Waals surface area contributed by atoms with Gasteiger partial charge in [0.2, 0.25) is 0 Å². The highest BCUT2D eigenvalue weighted by atomic mass is 16.7. The monoisotopic (exact) mass is 448 g/mol. The van der Waals surface area contributed by atoms with Crippen LogP contribution in [0.2, 0.25) is 0 Å². The van der Waals surface area contributed by atoms with Gasteiger partial charge in [-0.1, -0.05) is 25.5 Å². The van der Waals surface area contributed by atoms with Crippen molar-refractivity contribution < 1.29 is 38.4 Å². The zero-order valence-corrected chi connectivity index (χ0v) is 19.4. The molecule has 0 aromatic carbocycles. The molecule has 4 aliphatic rings. The lowest BCUT2D eigenvalue weighted by molar-refractivity contribution is -0.171. The van der Waals surface area contributed by atoms with Gasteiger partial charge in [0.25, 0.3) is 0 Å². The summed E-state index contributed by atoms with van der Waals surface area (Å²) in [7, 11) is 0. The summed E-state index contributed by atoms with van der Waals surface area (Å²) in [6, 6.07) is 0. The molecule has 0 amide bonds. The van der Waals surface area contributed by atoms with E-state index in [4.69, 9.17) is 18.9 Å². The Bertz CT molecular complexity index is 908. The Kier molecular flexibility index (Phi) is 5.33. The zero-order chi connectivity index (χ0) is 23.6. The third kappa shape index (κ3) is 3.14. The van der Waals surface area contributed by atoms with E-state index in [1.54, 1.807) is 13.0 Å². The van der Waals surface area contributed by atoms with E-state index in [0.29, 0.717) is 12.8 Å². The predicted molar refractivity (Wildman–Crippen MR) is 112 cm³/mol. The Hall–Kier alpha value is -2.19. The summed E-state index contributed by atoms with van der Waals surface area (Å²) >= 11 is 0. The first kappa shape index (κ1) is 23.0. The average Bonchev–Trinajstić information content (AvgIpc) is 3.28. The van der Waals surface area contributed by atoms with Crippen molar-refractivity contribution in [1.29, 1.82) is 0 Å². The second-order valence-electron chi connectivity index (χ2n) is 10.0. The second-order valence-corrected chi connectivity index (χ2v) is 10.0. The van der Waals surface area contributed by atoms with Crippen LogP contribution in [0.1, 0.15) is 54.4 Å². The molecule has 1 unspecified atom stereocenters. The van der Waals surface area contributed by atoms with Crippen LogP contribution in [0.4, 0.5) is 0 Å². The van der Waals surface area contributed by atoms with Crippen molar-refractivity contribution in [3.05, 3.63) is 23.8 Å². The number of epoxide rings is 1. The second kappa shape index (κ2) is 7.42. The van der Waals surface area contributed by atoms with Gasteiger partial charge in [-0.15, -0.1) is 0 Å². The first-order valence-corrected chi connectivity index (χ1v) is 11.2. The molecule has 2 aliphatic carbocycles. The molecule has 2 heterocycles. The Morgan fingerprint density at radius 1 is 1.19 bits per heavy atom. The van der Waals surface area contributed by atoms with Crippen LogP contribution in [0.5, 0.6) is 0 Å². The quantitative estimate of drug-likeness (QED) is 0.296. The lowest BCUT2D eigenvalue weighted by Gasteiger charge is -2.51. The number of aliphatic hydroxyl groups is 1. The van der Waals surface area contributed by atoms with E-state index in [1.165, 1.54) is 13.8 Å². The normalized spacial score (nSPS) is 48.8. The van der Waals surface area contributed by atoms with Crippen molar-refractivity contribution in [1.82, 2.24) is 0 Å². The number of hydrogen-bond acceptors (Lipinski definition) is 8.